The predicted octanol–water partition coefficient (Wildman–Crippen LogP) is 1.49. The van der Waals surface area contributed by atoms with Crippen LogP contribution in [0.4, 0.5) is 5.69 Å². The van der Waals surface area contributed by atoms with Gasteiger partial charge in [0.15, 0.2) is 0 Å². The second kappa shape index (κ2) is 6.72. The molecule has 0 amide bonds. The third kappa shape index (κ3) is 3.95. The van der Waals surface area contributed by atoms with Crippen LogP contribution in [-0.4, -0.2) is 40.7 Å². The Kier molecular flexibility index (Phi) is 4.98. The number of piperidine rings is 1. The molecule has 4 N–H and O–H groups in total. The Labute approximate surface area is 119 Å². The van der Waals surface area contributed by atoms with E-state index in [0.717, 1.165) is 31.5 Å². The molecule has 20 heavy (non-hydrogen) atoms. The van der Waals surface area contributed by atoms with Crippen LogP contribution in [0.15, 0.2) is 24.3 Å². The number of nitrogens with two attached hydrogens (primary N) is 1. The van der Waals surface area contributed by atoms with E-state index in [2.05, 4.69) is 4.90 Å². The van der Waals surface area contributed by atoms with Crippen LogP contribution >= 0.6 is 0 Å². The van der Waals surface area contributed by atoms with Gasteiger partial charge in [-0.1, -0.05) is 12.1 Å². The zero-order chi connectivity index (χ0) is 14.5. The van der Waals surface area contributed by atoms with Gasteiger partial charge in [-0.15, -0.1) is 0 Å². The zero-order valence-corrected chi connectivity index (χ0v) is 11.5. The number of rotatable bonds is 5. The van der Waals surface area contributed by atoms with Crippen LogP contribution in [0.3, 0.4) is 0 Å². The van der Waals surface area contributed by atoms with Gasteiger partial charge in [0.1, 0.15) is 0 Å². The maximum absolute atomic E-state index is 11.0. The van der Waals surface area contributed by atoms with E-state index in [9.17, 15) is 9.90 Å². The van der Waals surface area contributed by atoms with E-state index < -0.39 is 12.1 Å². The van der Waals surface area contributed by atoms with Crippen molar-refractivity contribution in [2.24, 2.45) is 5.92 Å². The Bertz CT molecular complexity index is 447. The lowest BCUT2D eigenvalue weighted by atomic mass is 9.97. The summed E-state index contributed by atoms with van der Waals surface area (Å²) >= 11 is 0. The maximum atomic E-state index is 11.0. The summed E-state index contributed by atoms with van der Waals surface area (Å²) in [5.41, 5.74) is 7.15. The van der Waals surface area contributed by atoms with E-state index in [4.69, 9.17) is 10.8 Å². The second-order valence-electron chi connectivity index (χ2n) is 5.45. The van der Waals surface area contributed by atoms with Crippen LogP contribution in [0, 0.1) is 5.92 Å². The first-order valence-electron chi connectivity index (χ1n) is 7.05. The topological polar surface area (TPSA) is 86.8 Å². The van der Waals surface area contributed by atoms with Crippen molar-refractivity contribution in [2.75, 3.05) is 25.4 Å². The summed E-state index contributed by atoms with van der Waals surface area (Å²) in [4.78, 5) is 13.1. The molecule has 1 saturated heterocycles. The third-order valence-electron chi connectivity index (χ3n) is 3.89. The fourth-order valence-corrected chi connectivity index (χ4v) is 2.65. The fourth-order valence-electron chi connectivity index (χ4n) is 2.65. The van der Waals surface area contributed by atoms with Crippen molar-refractivity contribution < 1.29 is 15.0 Å². The first kappa shape index (κ1) is 14.8. The van der Waals surface area contributed by atoms with Crippen molar-refractivity contribution in [1.82, 2.24) is 4.90 Å². The minimum atomic E-state index is -0.714. The number of hydrogen-bond donors (Lipinski definition) is 3. The molecular weight excluding hydrogens is 256 g/mol. The molecule has 0 aliphatic carbocycles. The average molecular weight is 278 g/mol. The molecule has 0 radical (unpaired) electrons. The highest BCUT2D eigenvalue weighted by Gasteiger charge is 2.25. The number of carbonyl (C=O) groups is 1. The number of nitrogen functional groups attached to an aromatic ring is 1. The van der Waals surface area contributed by atoms with Crippen molar-refractivity contribution in [3.8, 4) is 0 Å². The molecule has 0 saturated carbocycles. The number of benzene rings is 1. The van der Waals surface area contributed by atoms with E-state index in [0.29, 0.717) is 18.7 Å². The molecule has 1 fully saturated rings. The minimum absolute atomic E-state index is 0.266. The van der Waals surface area contributed by atoms with Gasteiger partial charge in [0.05, 0.1) is 12.0 Å². The van der Waals surface area contributed by atoms with Crippen LogP contribution in [0.1, 0.15) is 30.9 Å². The van der Waals surface area contributed by atoms with Crippen LogP contribution in [0.25, 0.3) is 0 Å². The van der Waals surface area contributed by atoms with Gasteiger partial charge in [0.2, 0.25) is 0 Å². The lowest BCUT2D eigenvalue weighted by Gasteiger charge is -2.31. The molecule has 2 atom stereocenters. The van der Waals surface area contributed by atoms with Crippen molar-refractivity contribution in [3.05, 3.63) is 29.8 Å². The normalized spacial score (nSPS) is 21.6. The Morgan fingerprint density at radius 1 is 1.40 bits per heavy atom. The van der Waals surface area contributed by atoms with E-state index >= 15 is 0 Å². The summed E-state index contributed by atoms with van der Waals surface area (Å²) in [6.45, 7) is 2.22. The Hall–Kier alpha value is -1.59. The van der Waals surface area contributed by atoms with E-state index in [-0.39, 0.29) is 5.92 Å². The third-order valence-corrected chi connectivity index (χ3v) is 3.89. The molecule has 0 spiro atoms. The second-order valence-corrected chi connectivity index (χ2v) is 5.45. The highest BCUT2D eigenvalue weighted by Crippen LogP contribution is 2.21. The molecule has 0 bridgehead atoms. The number of carboxylic acids is 1. The highest BCUT2D eigenvalue weighted by atomic mass is 16.4. The van der Waals surface area contributed by atoms with Crippen LogP contribution < -0.4 is 5.73 Å². The first-order valence-corrected chi connectivity index (χ1v) is 7.05. The van der Waals surface area contributed by atoms with E-state index in [1.54, 1.807) is 12.1 Å². The summed E-state index contributed by atoms with van der Waals surface area (Å²) in [6, 6.07) is 7.21. The summed E-state index contributed by atoms with van der Waals surface area (Å²) in [6.07, 6.45) is 1.75. The molecule has 1 aliphatic heterocycles. The largest absolute Gasteiger partial charge is 0.481 e. The van der Waals surface area contributed by atoms with E-state index in [1.165, 1.54) is 0 Å². The minimum Gasteiger partial charge on any atom is -0.481 e. The molecule has 1 aliphatic rings. The number of aliphatic hydroxyl groups excluding tert-OH is 1. The molecule has 1 heterocycles. The lowest BCUT2D eigenvalue weighted by molar-refractivity contribution is -0.143. The molecule has 2 rings (SSSR count). The molecular formula is C15H22N2O3. The smallest absolute Gasteiger partial charge is 0.307 e. The number of likely N-dealkylation sites (tertiary alicyclic amines) is 1. The number of carboxylic acid groups (broad SMARTS) is 1. The van der Waals surface area contributed by atoms with Gasteiger partial charge >= 0.3 is 5.97 Å². The number of anilines is 1. The van der Waals surface area contributed by atoms with Gasteiger partial charge in [-0.05, 0) is 43.5 Å². The van der Waals surface area contributed by atoms with Gasteiger partial charge in [0.25, 0.3) is 0 Å². The number of aliphatic hydroxyl groups is 1. The number of aliphatic carboxylic acids is 1. The maximum Gasteiger partial charge on any atom is 0.307 e. The number of nitrogens with zero attached hydrogens (tertiary/aromatic N) is 1. The Morgan fingerprint density at radius 2 is 2.10 bits per heavy atom. The average Bonchev–Trinajstić information content (AvgIpc) is 2.46. The summed E-state index contributed by atoms with van der Waals surface area (Å²) < 4.78 is 0. The standard InChI is InChI=1S/C15H22N2O3/c16-13-5-3-11(4-6-13)14(18)7-9-17-8-1-2-12(10-17)15(19)20/h3-6,12,14,18H,1-2,7-10,16H2,(H,19,20). The molecule has 2 unspecified atom stereocenters. The molecule has 5 heteroatoms. The van der Waals surface area contributed by atoms with Crippen LogP contribution in [-0.2, 0) is 4.79 Å². The van der Waals surface area contributed by atoms with Crippen LogP contribution in [0.5, 0.6) is 0 Å². The highest BCUT2D eigenvalue weighted by molar-refractivity contribution is 5.70. The fraction of sp³-hybridized carbons (Fsp3) is 0.533. The SMILES string of the molecule is Nc1ccc(C(O)CCN2CCCC(C(=O)O)C2)cc1. The summed E-state index contributed by atoms with van der Waals surface area (Å²) in [5.74, 6) is -0.980. The summed E-state index contributed by atoms with van der Waals surface area (Å²) in [5, 5.41) is 19.2. The molecule has 0 aromatic heterocycles. The van der Waals surface area contributed by atoms with Gasteiger partial charge < -0.3 is 20.8 Å². The Balaban J connectivity index is 1.82. The number of hydrogen-bond acceptors (Lipinski definition) is 4. The van der Waals surface area contributed by atoms with Gasteiger partial charge in [-0.25, -0.2) is 0 Å². The Morgan fingerprint density at radius 3 is 2.75 bits per heavy atom. The first-order chi connectivity index (χ1) is 9.56. The van der Waals surface area contributed by atoms with Gasteiger partial charge in [-0.3, -0.25) is 4.79 Å². The van der Waals surface area contributed by atoms with Crippen LogP contribution in [0.2, 0.25) is 0 Å². The van der Waals surface area contributed by atoms with Crippen molar-refractivity contribution >= 4 is 11.7 Å². The molecule has 1 aromatic carbocycles. The van der Waals surface area contributed by atoms with Gasteiger partial charge in [-0.2, -0.15) is 0 Å². The summed E-state index contributed by atoms with van der Waals surface area (Å²) in [7, 11) is 0. The monoisotopic (exact) mass is 278 g/mol. The lowest BCUT2D eigenvalue weighted by Crippen LogP contribution is -2.39. The zero-order valence-electron chi connectivity index (χ0n) is 11.5. The van der Waals surface area contributed by atoms with Crippen molar-refractivity contribution in [3.63, 3.8) is 0 Å². The van der Waals surface area contributed by atoms with E-state index in [1.807, 2.05) is 12.1 Å². The van der Waals surface area contributed by atoms with Crippen molar-refractivity contribution in [1.29, 1.82) is 0 Å². The van der Waals surface area contributed by atoms with Crippen molar-refractivity contribution in [2.45, 2.75) is 25.4 Å². The van der Waals surface area contributed by atoms with Gasteiger partial charge in [0, 0.05) is 18.8 Å². The quantitative estimate of drug-likeness (QED) is 0.710. The predicted molar refractivity (Wildman–Crippen MR) is 77.2 cm³/mol. The molecule has 1 aromatic rings. The molecule has 110 valence electrons. The molecule has 5 nitrogen and oxygen atoms in total.